The number of hydrogen-bond acceptors (Lipinski definition) is 4. The standard InChI is InChI=1S/C16H17ClN2O3S/c1-22-15(20)8-14(12-4-2-3-5-13(12)17)19-16(21)18-9-11-6-7-23-10-11/h2-7,10,14H,8-9H2,1H3,(H2,18,19,21). The van der Waals surface area contributed by atoms with Gasteiger partial charge in [-0.25, -0.2) is 4.79 Å². The molecule has 1 atom stereocenters. The summed E-state index contributed by atoms with van der Waals surface area (Å²) in [4.78, 5) is 23.7. The first-order valence-corrected chi connectivity index (χ1v) is 8.29. The molecule has 0 aliphatic heterocycles. The van der Waals surface area contributed by atoms with Crippen molar-refractivity contribution in [1.82, 2.24) is 10.6 Å². The second kappa shape index (κ2) is 8.55. The first-order valence-electron chi connectivity index (χ1n) is 6.97. The molecule has 23 heavy (non-hydrogen) atoms. The summed E-state index contributed by atoms with van der Waals surface area (Å²) >= 11 is 7.73. The minimum atomic E-state index is -0.557. The zero-order valence-electron chi connectivity index (χ0n) is 12.5. The van der Waals surface area contributed by atoms with Gasteiger partial charge in [0.1, 0.15) is 0 Å². The Hall–Kier alpha value is -2.05. The molecule has 0 saturated heterocycles. The van der Waals surface area contributed by atoms with E-state index in [1.807, 2.05) is 16.8 Å². The molecular formula is C16H17ClN2O3S. The highest BCUT2D eigenvalue weighted by atomic mass is 35.5. The number of hydrogen-bond donors (Lipinski definition) is 2. The molecule has 0 aliphatic carbocycles. The van der Waals surface area contributed by atoms with Crippen LogP contribution in [0.3, 0.4) is 0 Å². The van der Waals surface area contributed by atoms with Gasteiger partial charge in [-0.2, -0.15) is 11.3 Å². The van der Waals surface area contributed by atoms with E-state index in [9.17, 15) is 9.59 Å². The van der Waals surface area contributed by atoms with Crippen molar-refractivity contribution < 1.29 is 14.3 Å². The molecule has 1 unspecified atom stereocenters. The smallest absolute Gasteiger partial charge is 0.315 e. The minimum Gasteiger partial charge on any atom is -0.469 e. The monoisotopic (exact) mass is 352 g/mol. The molecular weight excluding hydrogens is 336 g/mol. The van der Waals surface area contributed by atoms with Gasteiger partial charge >= 0.3 is 12.0 Å². The summed E-state index contributed by atoms with van der Waals surface area (Å²) in [6, 6.07) is 8.09. The number of esters is 1. The maximum Gasteiger partial charge on any atom is 0.315 e. The lowest BCUT2D eigenvalue weighted by Gasteiger charge is -2.19. The van der Waals surface area contributed by atoms with E-state index in [0.29, 0.717) is 17.1 Å². The number of carbonyl (C=O) groups excluding carboxylic acids is 2. The zero-order valence-corrected chi connectivity index (χ0v) is 14.1. The van der Waals surface area contributed by atoms with Gasteiger partial charge < -0.3 is 15.4 Å². The summed E-state index contributed by atoms with van der Waals surface area (Å²) in [6.45, 7) is 0.419. The Labute approximate surface area is 143 Å². The quantitative estimate of drug-likeness (QED) is 0.782. The van der Waals surface area contributed by atoms with Crippen molar-refractivity contribution in [2.45, 2.75) is 19.0 Å². The molecule has 7 heteroatoms. The summed E-state index contributed by atoms with van der Waals surface area (Å²) in [5.41, 5.74) is 1.69. The fraction of sp³-hybridized carbons (Fsp3) is 0.250. The Morgan fingerprint density at radius 3 is 2.74 bits per heavy atom. The Kier molecular flexibility index (Phi) is 6.43. The molecule has 1 aromatic carbocycles. The van der Waals surface area contributed by atoms with Gasteiger partial charge in [0, 0.05) is 11.6 Å². The Morgan fingerprint density at radius 2 is 2.09 bits per heavy atom. The van der Waals surface area contributed by atoms with Gasteiger partial charge in [0.2, 0.25) is 0 Å². The van der Waals surface area contributed by atoms with Crippen molar-refractivity contribution in [2.75, 3.05) is 7.11 Å². The van der Waals surface area contributed by atoms with Gasteiger partial charge in [-0.3, -0.25) is 4.79 Å². The van der Waals surface area contributed by atoms with E-state index >= 15 is 0 Å². The van der Waals surface area contributed by atoms with Crippen LogP contribution in [0.4, 0.5) is 4.79 Å². The third kappa shape index (κ3) is 5.26. The first-order chi connectivity index (χ1) is 11.1. The van der Waals surface area contributed by atoms with Crippen LogP contribution in [0.5, 0.6) is 0 Å². The summed E-state index contributed by atoms with van der Waals surface area (Å²) < 4.78 is 4.69. The number of amides is 2. The lowest BCUT2D eigenvalue weighted by molar-refractivity contribution is -0.141. The number of methoxy groups -OCH3 is 1. The van der Waals surface area contributed by atoms with Crippen LogP contribution in [0.25, 0.3) is 0 Å². The van der Waals surface area contributed by atoms with E-state index in [4.69, 9.17) is 16.3 Å². The fourth-order valence-corrected chi connectivity index (χ4v) is 2.97. The van der Waals surface area contributed by atoms with E-state index < -0.39 is 12.0 Å². The fourth-order valence-electron chi connectivity index (χ4n) is 2.03. The third-order valence-corrected chi connectivity index (χ3v) is 4.29. The molecule has 2 amide bonds. The van der Waals surface area contributed by atoms with E-state index in [1.54, 1.807) is 35.6 Å². The Balaban J connectivity index is 2.03. The van der Waals surface area contributed by atoms with Gasteiger partial charge in [0.25, 0.3) is 0 Å². The van der Waals surface area contributed by atoms with Crippen LogP contribution in [0, 0.1) is 0 Å². The van der Waals surface area contributed by atoms with Gasteiger partial charge in [-0.15, -0.1) is 0 Å². The molecule has 0 bridgehead atoms. The molecule has 1 aromatic heterocycles. The lowest BCUT2D eigenvalue weighted by Crippen LogP contribution is -2.38. The summed E-state index contributed by atoms with van der Waals surface area (Å²) in [5.74, 6) is -0.423. The van der Waals surface area contributed by atoms with E-state index in [2.05, 4.69) is 10.6 Å². The number of halogens is 1. The molecule has 0 fully saturated rings. The first kappa shape index (κ1) is 17.3. The molecule has 0 spiro atoms. The molecule has 1 heterocycles. The predicted octanol–water partition coefficient (Wildman–Crippen LogP) is 3.51. The number of thiophene rings is 1. The molecule has 2 rings (SSSR count). The van der Waals surface area contributed by atoms with Crippen molar-refractivity contribution in [1.29, 1.82) is 0 Å². The second-order valence-electron chi connectivity index (χ2n) is 4.81. The van der Waals surface area contributed by atoms with Crippen LogP contribution in [0.1, 0.15) is 23.6 Å². The number of carbonyl (C=O) groups is 2. The van der Waals surface area contributed by atoms with Crippen LogP contribution >= 0.6 is 22.9 Å². The highest BCUT2D eigenvalue weighted by Gasteiger charge is 2.20. The molecule has 2 N–H and O–H groups in total. The van der Waals surface area contributed by atoms with E-state index in [-0.39, 0.29) is 12.5 Å². The summed E-state index contributed by atoms with van der Waals surface area (Å²) in [7, 11) is 1.31. The SMILES string of the molecule is COC(=O)CC(NC(=O)NCc1ccsc1)c1ccccc1Cl. The second-order valence-corrected chi connectivity index (χ2v) is 6.00. The maximum absolute atomic E-state index is 12.1. The highest BCUT2D eigenvalue weighted by Crippen LogP contribution is 2.25. The van der Waals surface area contributed by atoms with Crippen molar-refractivity contribution in [3.8, 4) is 0 Å². The summed E-state index contributed by atoms with van der Waals surface area (Å²) in [6.07, 6.45) is 0.00606. The van der Waals surface area contributed by atoms with E-state index in [1.165, 1.54) is 7.11 Å². The molecule has 0 aliphatic rings. The number of benzene rings is 1. The van der Waals surface area contributed by atoms with Gasteiger partial charge in [-0.1, -0.05) is 29.8 Å². The maximum atomic E-state index is 12.1. The van der Waals surface area contributed by atoms with Crippen LogP contribution < -0.4 is 10.6 Å². The lowest BCUT2D eigenvalue weighted by atomic mass is 10.0. The van der Waals surface area contributed by atoms with Crippen molar-refractivity contribution in [2.24, 2.45) is 0 Å². The van der Waals surface area contributed by atoms with E-state index in [0.717, 1.165) is 5.56 Å². The minimum absolute atomic E-state index is 0.00606. The molecule has 0 radical (unpaired) electrons. The highest BCUT2D eigenvalue weighted by molar-refractivity contribution is 7.07. The number of nitrogens with one attached hydrogen (secondary N) is 2. The number of ether oxygens (including phenoxy) is 1. The van der Waals surface area contributed by atoms with Crippen molar-refractivity contribution >= 4 is 34.9 Å². The molecule has 0 saturated carbocycles. The van der Waals surface area contributed by atoms with Crippen molar-refractivity contribution in [3.63, 3.8) is 0 Å². The average molecular weight is 353 g/mol. The number of rotatable bonds is 6. The zero-order chi connectivity index (χ0) is 16.7. The average Bonchev–Trinajstić information content (AvgIpc) is 3.06. The number of urea groups is 1. The molecule has 2 aromatic rings. The van der Waals surface area contributed by atoms with Gasteiger partial charge in [-0.05, 0) is 34.0 Å². The topological polar surface area (TPSA) is 67.4 Å². The van der Waals surface area contributed by atoms with Crippen LogP contribution in [0.2, 0.25) is 5.02 Å². The van der Waals surface area contributed by atoms with Crippen LogP contribution in [0.15, 0.2) is 41.1 Å². The Bertz CT molecular complexity index is 661. The predicted molar refractivity (Wildman–Crippen MR) is 90.5 cm³/mol. The van der Waals surface area contributed by atoms with Crippen LogP contribution in [-0.4, -0.2) is 19.1 Å². The Morgan fingerprint density at radius 1 is 1.30 bits per heavy atom. The normalized spacial score (nSPS) is 11.6. The van der Waals surface area contributed by atoms with Gasteiger partial charge in [0.15, 0.2) is 0 Å². The largest absolute Gasteiger partial charge is 0.469 e. The third-order valence-electron chi connectivity index (χ3n) is 3.22. The summed E-state index contributed by atoms with van der Waals surface area (Å²) in [5, 5.41) is 9.91. The van der Waals surface area contributed by atoms with Gasteiger partial charge in [0.05, 0.1) is 19.6 Å². The molecule has 122 valence electrons. The van der Waals surface area contributed by atoms with Crippen LogP contribution in [-0.2, 0) is 16.1 Å². The molecule has 5 nitrogen and oxygen atoms in total. The van der Waals surface area contributed by atoms with Crippen molar-refractivity contribution in [3.05, 3.63) is 57.2 Å².